The number of aromatic nitrogens is 3. The van der Waals surface area contributed by atoms with Crippen LogP contribution in [0.3, 0.4) is 0 Å². The number of H-pyrrole nitrogens is 1. The van der Waals surface area contributed by atoms with Gasteiger partial charge >= 0.3 is 0 Å². The first-order valence-electron chi connectivity index (χ1n) is 8.85. The monoisotopic (exact) mass is 330 g/mol. The van der Waals surface area contributed by atoms with E-state index in [1.54, 1.807) is 0 Å². The first-order chi connectivity index (χ1) is 11.3. The minimum Gasteiger partial charge on any atom is -0.369 e. The van der Waals surface area contributed by atoms with Gasteiger partial charge in [0, 0.05) is 31.9 Å². The molecule has 0 saturated carbocycles. The number of aryl methyl sites for hydroxylation is 1. The van der Waals surface area contributed by atoms with Crippen LogP contribution in [0.15, 0.2) is 6.07 Å². The van der Waals surface area contributed by atoms with Crippen LogP contribution in [0, 0.1) is 12.3 Å². The number of hydrogen-bond donors (Lipinski definition) is 2. The summed E-state index contributed by atoms with van der Waals surface area (Å²) in [6.45, 7) is 10.6. The lowest BCUT2D eigenvalue weighted by Crippen LogP contribution is -2.34. The summed E-state index contributed by atoms with van der Waals surface area (Å²) in [6, 6.07) is 2.13. The van der Waals surface area contributed by atoms with Crippen molar-refractivity contribution in [3.63, 3.8) is 0 Å². The van der Waals surface area contributed by atoms with Gasteiger partial charge in [-0.2, -0.15) is 9.97 Å². The van der Waals surface area contributed by atoms with E-state index < -0.39 is 0 Å². The van der Waals surface area contributed by atoms with Crippen LogP contribution in [-0.4, -0.2) is 60.1 Å². The average molecular weight is 330 g/mol. The Kier molecular flexibility index (Phi) is 4.67. The van der Waals surface area contributed by atoms with Gasteiger partial charge in [-0.1, -0.05) is 13.8 Å². The highest BCUT2D eigenvalue weighted by Gasteiger charge is 2.22. The first-order valence-corrected chi connectivity index (χ1v) is 8.85. The van der Waals surface area contributed by atoms with E-state index in [4.69, 9.17) is 9.97 Å². The molecule has 0 aliphatic carbocycles. The predicted octanol–water partition coefficient (Wildman–Crippen LogP) is 2.87. The summed E-state index contributed by atoms with van der Waals surface area (Å²) < 4.78 is 0. The zero-order valence-electron chi connectivity index (χ0n) is 15.6. The normalized spacial score (nSPS) is 15.7. The van der Waals surface area contributed by atoms with Gasteiger partial charge < -0.3 is 20.1 Å². The van der Waals surface area contributed by atoms with Crippen LogP contribution in [-0.2, 0) is 0 Å². The molecule has 0 amide bonds. The summed E-state index contributed by atoms with van der Waals surface area (Å²) in [6.07, 6.45) is 2.45. The molecule has 24 heavy (non-hydrogen) atoms. The lowest BCUT2D eigenvalue weighted by molar-refractivity contribution is 0.254. The van der Waals surface area contributed by atoms with Gasteiger partial charge in [0.15, 0.2) is 0 Å². The van der Waals surface area contributed by atoms with Crippen molar-refractivity contribution >= 4 is 22.8 Å². The van der Waals surface area contributed by atoms with Crippen LogP contribution in [0.25, 0.3) is 11.0 Å². The minimum atomic E-state index is 0.167. The maximum atomic E-state index is 4.85. The van der Waals surface area contributed by atoms with Crippen LogP contribution in [0.2, 0.25) is 0 Å². The number of anilines is 2. The summed E-state index contributed by atoms with van der Waals surface area (Å²) in [5.74, 6) is 1.79. The quantitative estimate of drug-likeness (QED) is 0.853. The zero-order chi connectivity index (χ0) is 17.3. The van der Waals surface area contributed by atoms with Gasteiger partial charge in [-0.25, -0.2) is 0 Å². The van der Waals surface area contributed by atoms with Crippen molar-refractivity contribution in [1.29, 1.82) is 0 Å². The number of nitrogens with zero attached hydrogens (tertiary/aromatic N) is 4. The highest BCUT2D eigenvalue weighted by Crippen LogP contribution is 2.27. The van der Waals surface area contributed by atoms with Crippen LogP contribution < -0.4 is 10.2 Å². The molecule has 0 unspecified atom stereocenters. The van der Waals surface area contributed by atoms with Gasteiger partial charge in [0.1, 0.15) is 11.5 Å². The summed E-state index contributed by atoms with van der Waals surface area (Å²) in [4.78, 5) is 17.5. The van der Waals surface area contributed by atoms with Crippen molar-refractivity contribution in [3.05, 3.63) is 11.8 Å². The molecule has 2 aromatic heterocycles. The van der Waals surface area contributed by atoms with Gasteiger partial charge in [0.25, 0.3) is 0 Å². The highest BCUT2D eigenvalue weighted by molar-refractivity contribution is 5.89. The summed E-state index contributed by atoms with van der Waals surface area (Å²) in [7, 11) is 4.23. The molecule has 3 rings (SSSR count). The molecule has 0 aromatic carbocycles. The standard InChI is InChI=1S/C18H30N6/c1-13-10-14-15(19-11-18(2,3)12-23(4)5)21-17(22-16(14)20-13)24-8-6-7-9-24/h10H,6-9,11-12H2,1-5H3,(H2,19,20,21,22). The number of rotatable bonds is 6. The van der Waals surface area contributed by atoms with E-state index in [0.29, 0.717) is 0 Å². The molecule has 0 bridgehead atoms. The molecular weight excluding hydrogens is 300 g/mol. The molecule has 3 heterocycles. The second-order valence-corrected chi connectivity index (χ2v) is 8.04. The predicted molar refractivity (Wildman–Crippen MR) is 101 cm³/mol. The van der Waals surface area contributed by atoms with Crippen molar-refractivity contribution in [1.82, 2.24) is 19.9 Å². The van der Waals surface area contributed by atoms with E-state index in [1.165, 1.54) is 12.8 Å². The molecule has 0 atom stereocenters. The molecule has 1 aliphatic heterocycles. The van der Waals surface area contributed by atoms with Crippen LogP contribution in [0.4, 0.5) is 11.8 Å². The minimum absolute atomic E-state index is 0.167. The Morgan fingerprint density at radius 1 is 1.25 bits per heavy atom. The van der Waals surface area contributed by atoms with Crippen molar-refractivity contribution in [2.75, 3.05) is 50.5 Å². The molecule has 132 valence electrons. The molecule has 1 saturated heterocycles. The fourth-order valence-corrected chi connectivity index (χ4v) is 3.56. The maximum absolute atomic E-state index is 4.85. The molecule has 6 heteroatoms. The lowest BCUT2D eigenvalue weighted by atomic mass is 9.93. The Morgan fingerprint density at radius 3 is 2.62 bits per heavy atom. The number of aromatic amines is 1. The van der Waals surface area contributed by atoms with Gasteiger partial charge in [-0.3, -0.25) is 0 Å². The van der Waals surface area contributed by atoms with E-state index in [1.807, 2.05) is 0 Å². The molecule has 0 spiro atoms. The molecular formula is C18H30N6. The van der Waals surface area contributed by atoms with Gasteiger partial charge in [0.05, 0.1) is 5.39 Å². The van der Waals surface area contributed by atoms with Crippen LogP contribution in [0.5, 0.6) is 0 Å². The Hall–Kier alpha value is -1.82. The smallest absolute Gasteiger partial charge is 0.229 e. The third-order valence-corrected chi connectivity index (χ3v) is 4.48. The van der Waals surface area contributed by atoms with Gasteiger partial charge in [-0.05, 0) is 45.3 Å². The fraction of sp³-hybridized carbons (Fsp3) is 0.667. The fourth-order valence-electron chi connectivity index (χ4n) is 3.56. The van der Waals surface area contributed by atoms with Gasteiger partial charge in [-0.15, -0.1) is 0 Å². The Bertz CT molecular complexity index is 697. The topological polar surface area (TPSA) is 60.1 Å². The number of nitrogens with one attached hydrogen (secondary N) is 2. The summed E-state index contributed by atoms with van der Waals surface area (Å²) in [5, 5.41) is 4.67. The van der Waals surface area contributed by atoms with Crippen molar-refractivity contribution in [3.8, 4) is 0 Å². The Morgan fingerprint density at radius 2 is 1.96 bits per heavy atom. The average Bonchev–Trinajstić information content (AvgIpc) is 3.11. The molecule has 0 radical (unpaired) electrons. The molecule has 2 aromatic rings. The maximum Gasteiger partial charge on any atom is 0.229 e. The largest absolute Gasteiger partial charge is 0.369 e. The summed E-state index contributed by atoms with van der Waals surface area (Å²) >= 11 is 0. The van der Waals surface area contributed by atoms with Crippen LogP contribution in [0.1, 0.15) is 32.4 Å². The van der Waals surface area contributed by atoms with Crippen molar-refractivity contribution < 1.29 is 0 Å². The SMILES string of the molecule is Cc1cc2c(NCC(C)(C)CN(C)C)nc(N3CCCC3)nc2[nH]1. The second kappa shape index (κ2) is 6.59. The van der Waals surface area contributed by atoms with Crippen LogP contribution >= 0.6 is 0 Å². The third kappa shape index (κ3) is 3.80. The van der Waals surface area contributed by atoms with Crippen molar-refractivity contribution in [2.45, 2.75) is 33.6 Å². The van der Waals surface area contributed by atoms with E-state index in [0.717, 1.165) is 54.7 Å². The first kappa shape index (κ1) is 17.0. The third-order valence-electron chi connectivity index (χ3n) is 4.48. The molecule has 2 N–H and O–H groups in total. The lowest BCUT2D eigenvalue weighted by Gasteiger charge is -2.29. The summed E-state index contributed by atoms with van der Waals surface area (Å²) in [5.41, 5.74) is 2.21. The number of fused-ring (bicyclic) bond motifs is 1. The van der Waals surface area contributed by atoms with E-state index in [9.17, 15) is 0 Å². The second-order valence-electron chi connectivity index (χ2n) is 8.04. The molecule has 1 aliphatic rings. The Labute approximate surface area is 144 Å². The molecule has 1 fully saturated rings. The highest BCUT2D eigenvalue weighted by atomic mass is 15.3. The van der Waals surface area contributed by atoms with E-state index in [-0.39, 0.29) is 5.41 Å². The van der Waals surface area contributed by atoms with Crippen molar-refractivity contribution in [2.24, 2.45) is 5.41 Å². The number of hydrogen-bond acceptors (Lipinski definition) is 5. The Balaban J connectivity index is 1.87. The van der Waals surface area contributed by atoms with Gasteiger partial charge in [0.2, 0.25) is 5.95 Å². The van der Waals surface area contributed by atoms with E-state index in [2.05, 4.69) is 61.0 Å². The van der Waals surface area contributed by atoms with E-state index >= 15 is 0 Å². The molecule has 6 nitrogen and oxygen atoms in total. The zero-order valence-corrected chi connectivity index (χ0v) is 15.6.